The lowest BCUT2D eigenvalue weighted by molar-refractivity contribution is -0.384. The molecule has 2 aromatic rings. The second-order valence-corrected chi connectivity index (χ2v) is 6.04. The Morgan fingerprint density at radius 2 is 1.82 bits per heavy atom. The Morgan fingerprint density at radius 3 is 2.43 bits per heavy atom. The van der Waals surface area contributed by atoms with Crippen LogP contribution in [-0.2, 0) is 4.74 Å². The van der Waals surface area contributed by atoms with Crippen molar-refractivity contribution in [2.75, 3.05) is 31.6 Å². The molecule has 0 aliphatic rings. The molecule has 0 fully saturated rings. The molecule has 8 heteroatoms. The highest BCUT2D eigenvalue weighted by molar-refractivity contribution is 5.98. The van der Waals surface area contributed by atoms with Gasteiger partial charge < -0.3 is 15.0 Å². The summed E-state index contributed by atoms with van der Waals surface area (Å²) in [6.07, 6.45) is 0.702. The van der Waals surface area contributed by atoms with Gasteiger partial charge in [-0.3, -0.25) is 14.9 Å². The summed E-state index contributed by atoms with van der Waals surface area (Å²) in [5.74, 6) is -1.21. The van der Waals surface area contributed by atoms with Crippen molar-refractivity contribution < 1.29 is 19.2 Å². The van der Waals surface area contributed by atoms with Gasteiger partial charge in [0.1, 0.15) is 0 Å². The largest absolute Gasteiger partial charge is 0.465 e. The molecule has 1 N–H and O–H groups in total. The summed E-state index contributed by atoms with van der Waals surface area (Å²) in [6.45, 7) is 4.05. The summed E-state index contributed by atoms with van der Waals surface area (Å²) in [5, 5.41) is 13.8. The third-order valence-corrected chi connectivity index (χ3v) is 4.21. The van der Waals surface area contributed by atoms with Gasteiger partial charge in [-0.05, 0) is 31.5 Å². The molecule has 0 spiro atoms. The fraction of sp³-hybridized carbons (Fsp3) is 0.300. The lowest BCUT2D eigenvalue weighted by atomic mass is 10.1. The van der Waals surface area contributed by atoms with Crippen LogP contribution in [0.25, 0.3) is 0 Å². The molecule has 0 aliphatic heterocycles. The number of ether oxygens (including phenoxy) is 1. The van der Waals surface area contributed by atoms with E-state index < -0.39 is 16.8 Å². The molecule has 2 aromatic carbocycles. The number of benzene rings is 2. The maximum atomic E-state index is 12.4. The maximum absolute atomic E-state index is 12.4. The van der Waals surface area contributed by atoms with Gasteiger partial charge in [0.05, 0.1) is 17.6 Å². The van der Waals surface area contributed by atoms with Crippen molar-refractivity contribution in [3.05, 3.63) is 69.8 Å². The molecule has 0 unspecified atom stereocenters. The van der Waals surface area contributed by atoms with Crippen molar-refractivity contribution in [1.29, 1.82) is 0 Å². The summed E-state index contributed by atoms with van der Waals surface area (Å²) in [6, 6.07) is 13.5. The molecule has 1 amide bonds. The van der Waals surface area contributed by atoms with E-state index in [1.54, 1.807) is 0 Å². The summed E-state index contributed by atoms with van der Waals surface area (Å²) in [7, 11) is 1.17. The molecular weight excluding hydrogens is 362 g/mol. The zero-order chi connectivity index (χ0) is 20.5. The zero-order valence-corrected chi connectivity index (χ0v) is 15.9. The van der Waals surface area contributed by atoms with E-state index in [9.17, 15) is 19.7 Å². The highest BCUT2D eigenvalue weighted by Crippen LogP contribution is 2.18. The molecule has 0 saturated carbocycles. The summed E-state index contributed by atoms with van der Waals surface area (Å²) < 4.78 is 4.59. The summed E-state index contributed by atoms with van der Waals surface area (Å²) >= 11 is 0. The van der Waals surface area contributed by atoms with Crippen molar-refractivity contribution in [1.82, 2.24) is 5.32 Å². The van der Waals surface area contributed by atoms with Gasteiger partial charge in [0.25, 0.3) is 11.6 Å². The van der Waals surface area contributed by atoms with Gasteiger partial charge in [-0.25, -0.2) is 4.79 Å². The van der Waals surface area contributed by atoms with E-state index in [0.29, 0.717) is 13.0 Å². The minimum absolute atomic E-state index is 0.0388. The van der Waals surface area contributed by atoms with E-state index in [2.05, 4.69) is 21.9 Å². The van der Waals surface area contributed by atoms with E-state index in [1.165, 1.54) is 13.2 Å². The van der Waals surface area contributed by atoms with Crippen LogP contribution in [0.5, 0.6) is 0 Å². The Morgan fingerprint density at radius 1 is 1.14 bits per heavy atom. The Kier molecular flexibility index (Phi) is 7.50. The molecule has 0 heterocycles. The van der Waals surface area contributed by atoms with E-state index >= 15 is 0 Å². The number of amides is 1. The third-order valence-electron chi connectivity index (χ3n) is 4.21. The first-order valence-corrected chi connectivity index (χ1v) is 8.92. The van der Waals surface area contributed by atoms with E-state index in [0.717, 1.165) is 30.9 Å². The van der Waals surface area contributed by atoms with Gasteiger partial charge in [0.15, 0.2) is 0 Å². The van der Waals surface area contributed by atoms with Crippen molar-refractivity contribution in [2.45, 2.75) is 13.3 Å². The molecule has 0 aromatic heterocycles. The topological polar surface area (TPSA) is 102 Å². The Hall–Kier alpha value is -3.42. The average molecular weight is 385 g/mol. The fourth-order valence-electron chi connectivity index (χ4n) is 2.77. The lowest BCUT2D eigenvalue weighted by Gasteiger charge is -2.23. The molecule has 2 rings (SSSR count). The number of nitrogens with zero attached hydrogens (tertiary/aromatic N) is 2. The fourth-order valence-corrected chi connectivity index (χ4v) is 2.77. The second-order valence-electron chi connectivity index (χ2n) is 6.04. The van der Waals surface area contributed by atoms with E-state index in [-0.39, 0.29) is 16.8 Å². The number of nitro groups is 1. The van der Waals surface area contributed by atoms with E-state index in [1.807, 2.05) is 30.3 Å². The smallest absolute Gasteiger partial charge is 0.338 e. The van der Waals surface area contributed by atoms with Crippen LogP contribution < -0.4 is 10.2 Å². The van der Waals surface area contributed by atoms with Crippen LogP contribution in [0.1, 0.15) is 34.1 Å². The minimum atomic E-state index is -0.737. The number of rotatable bonds is 9. The zero-order valence-electron chi connectivity index (χ0n) is 15.9. The first-order valence-electron chi connectivity index (χ1n) is 8.92. The normalized spacial score (nSPS) is 10.2. The highest BCUT2D eigenvalue weighted by Gasteiger charge is 2.18. The van der Waals surface area contributed by atoms with Crippen molar-refractivity contribution in [2.24, 2.45) is 0 Å². The molecule has 28 heavy (non-hydrogen) atoms. The number of nitrogens with one attached hydrogen (secondary N) is 1. The molecular formula is C20H23N3O5. The van der Waals surface area contributed by atoms with Crippen molar-refractivity contribution >= 4 is 23.3 Å². The van der Waals surface area contributed by atoms with Gasteiger partial charge in [0.2, 0.25) is 0 Å². The second kappa shape index (κ2) is 10.1. The quantitative estimate of drug-likeness (QED) is 0.308. The van der Waals surface area contributed by atoms with Gasteiger partial charge in [-0.2, -0.15) is 0 Å². The van der Waals surface area contributed by atoms with Gasteiger partial charge in [-0.15, -0.1) is 0 Å². The Bertz CT molecular complexity index is 839. The summed E-state index contributed by atoms with van der Waals surface area (Å²) in [5.41, 5.74) is 0.778. The molecule has 0 radical (unpaired) electrons. The number of non-ortho nitro benzene ring substituents is 1. The molecule has 0 saturated heterocycles. The van der Waals surface area contributed by atoms with Gasteiger partial charge >= 0.3 is 5.97 Å². The number of anilines is 1. The number of hydrogen-bond acceptors (Lipinski definition) is 6. The van der Waals surface area contributed by atoms with E-state index in [4.69, 9.17) is 0 Å². The Labute approximate surface area is 163 Å². The predicted molar refractivity (Wildman–Crippen MR) is 106 cm³/mol. The van der Waals surface area contributed by atoms with Crippen LogP contribution in [0.3, 0.4) is 0 Å². The number of nitro benzene ring substituents is 1. The molecule has 0 bridgehead atoms. The first-order chi connectivity index (χ1) is 13.5. The standard InChI is InChI=1S/C20H23N3O5/c1-3-22(17-8-5-4-6-9-17)11-7-10-21-19(24)15-12-16(20(25)28-2)14-18(13-15)23(26)27/h4-6,8-9,12-14H,3,7,10-11H2,1-2H3,(H,21,24). The van der Waals surface area contributed by atoms with Gasteiger partial charge in [-0.1, -0.05) is 18.2 Å². The van der Waals surface area contributed by atoms with Crippen LogP contribution in [-0.4, -0.2) is 43.5 Å². The van der Waals surface area contributed by atoms with Crippen LogP contribution in [0.4, 0.5) is 11.4 Å². The van der Waals surface area contributed by atoms with Crippen LogP contribution in [0.2, 0.25) is 0 Å². The number of esters is 1. The van der Waals surface area contributed by atoms with Crippen molar-refractivity contribution in [3.63, 3.8) is 0 Å². The highest BCUT2D eigenvalue weighted by atomic mass is 16.6. The summed E-state index contributed by atoms with van der Waals surface area (Å²) in [4.78, 5) is 36.6. The number of carbonyl (C=O) groups is 2. The van der Waals surface area contributed by atoms with Gasteiger partial charge in [0, 0.05) is 43.0 Å². The first kappa shape index (κ1) is 20.9. The molecule has 0 aliphatic carbocycles. The SMILES string of the molecule is CCN(CCCNC(=O)c1cc(C(=O)OC)cc([N+](=O)[O-])c1)c1ccccc1. The monoisotopic (exact) mass is 385 g/mol. The predicted octanol–water partition coefficient (Wildman–Crippen LogP) is 3.03. The Balaban J connectivity index is 1.98. The number of hydrogen-bond donors (Lipinski definition) is 1. The van der Waals surface area contributed by atoms with Crippen LogP contribution in [0.15, 0.2) is 48.5 Å². The minimum Gasteiger partial charge on any atom is -0.465 e. The molecule has 8 nitrogen and oxygen atoms in total. The lowest BCUT2D eigenvalue weighted by Crippen LogP contribution is -2.30. The third kappa shape index (κ3) is 5.54. The number of carbonyl (C=O) groups excluding carboxylic acids is 2. The molecule has 148 valence electrons. The molecule has 0 atom stereocenters. The van der Waals surface area contributed by atoms with Crippen LogP contribution >= 0.6 is 0 Å². The van der Waals surface area contributed by atoms with Crippen molar-refractivity contribution in [3.8, 4) is 0 Å². The number of methoxy groups -OCH3 is 1. The number of para-hydroxylation sites is 1. The van der Waals surface area contributed by atoms with Crippen LogP contribution in [0, 0.1) is 10.1 Å². The maximum Gasteiger partial charge on any atom is 0.338 e. The average Bonchev–Trinajstić information content (AvgIpc) is 2.73.